The van der Waals surface area contributed by atoms with Crippen LogP contribution in [-0.2, 0) is 0 Å². The lowest BCUT2D eigenvalue weighted by Crippen LogP contribution is -2.34. The fraction of sp³-hybridized carbons (Fsp3) is 0.533. The van der Waals surface area contributed by atoms with Gasteiger partial charge in [0.15, 0.2) is 0 Å². The zero-order valence-corrected chi connectivity index (χ0v) is 11.6. The van der Waals surface area contributed by atoms with Gasteiger partial charge in [-0.3, -0.25) is 0 Å². The lowest BCUT2D eigenvalue weighted by atomic mass is 10.1. The van der Waals surface area contributed by atoms with Crippen molar-refractivity contribution in [2.45, 2.75) is 19.9 Å². The van der Waals surface area contributed by atoms with Gasteiger partial charge in [0.25, 0.3) is 0 Å². The molecule has 3 nitrogen and oxygen atoms in total. The van der Waals surface area contributed by atoms with E-state index in [1.165, 1.54) is 5.56 Å². The Balaban J connectivity index is 2.32. The third-order valence-electron chi connectivity index (χ3n) is 3.91. The predicted molar refractivity (Wildman–Crippen MR) is 74.7 cm³/mol. The maximum atomic E-state index is 9.26. The molecule has 1 saturated heterocycles. The van der Waals surface area contributed by atoms with Crippen molar-refractivity contribution < 1.29 is 0 Å². The Kier molecular flexibility index (Phi) is 3.58. The van der Waals surface area contributed by atoms with Crippen molar-refractivity contribution in [1.82, 2.24) is 4.90 Å². The highest BCUT2D eigenvalue weighted by Gasteiger charge is 2.32. The highest BCUT2D eigenvalue weighted by molar-refractivity contribution is 5.64. The van der Waals surface area contributed by atoms with Crippen LogP contribution in [0.1, 0.15) is 18.1 Å². The van der Waals surface area contributed by atoms with E-state index in [4.69, 9.17) is 0 Å². The fourth-order valence-electron chi connectivity index (χ4n) is 2.97. The lowest BCUT2D eigenvalue weighted by Gasteiger charge is -2.24. The SMILES string of the molecule is Cc1cccc(C#N)c1N1CC(C)C(N(C)C)C1. The summed E-state index contributed by atoms with van der Waals surface area (Å²) in [6, 6.07) is 8.84. The topological polar surface area (TPSA) is 30.3 Å². The highest BCUT2D eigenvalue weighted by atomic mass is 15.2. The van der Waals surface area contributed by atoms with Crippen molar-refractivity contribution in [2.75, 3.05) is 32.1 Å². The van der Waals surface area contributed by atoms with Crippen LogP contribution in [0, 0.1) is 24.2 Å². The van der Waals surface area contributed by atoms with Gasteiger partial charge >= 0.3 is 0 Å². The standard InChI is InChI=1S/C15H21N3/c1-11-6-5-7-13(8-16)15(11)18-9-12(2)14(10-18)17(3)4/h5-7,12,14H,9-10H2,1-4H3. The number of nitrogens with zero attached hydrogens (tertiary/aromatic N) is 3. The molecule has 96 valence electrons. The Morgan fingerprint density at radius 1 is 1.33 bits per heavy atom. The van der Waals surface area contributed by atoms with Crippen molar-refractivity contribution in [3.8, 4) is 6.07 Å². The molecule has 0 spiro atoms. The molecule has 3 heteroatoms. The summed E-state index contributed by atoms with van der Waals surface area (Å²) in [6.45, 7) is 6.41. The summed E-state index contributed by atoms with van der Waals surface area (Å²) in [7, 11) is 4.27. The number of anilines is 1. The molecule has 0 aromatic heterocycles. The Bertz CT molecular complexity index is 473. The highest BCUT2D eigenvalue weighted by Crippen LogP contribution is 2.31. The van der Waals surface area contributed by atoms with Crippen LogP contribution in [0.25, 0.3) is 0 Å². The molecular weight excluding hydrogens is 222 g/mol. The molecule has 2 atom stereocenters. The first-order valence-electron chi connectivity index (χ1n) is 6.45. The van der Waals surface area contributed by atoms with Crippen LogP contribution in [0.3, 0.4) is 0 Å². The molecular formula is C15H21N3. The van der Waals surface area contributed by atoms with Crippen LogP contribution in [0.5, 0.6) is 0 Å². The Morgan fingerprint density at radius 3 is 2.61 bits per heavy atom. The van der Waals surface area contributed by atoms with Crippen LogP contribution < -0.4 is 4.90 Å². The molecule has 2 rings (SSSR count). The van der Waals surface area contributed by atoms with Crippen LogP contribution in [-0.4, -0.2) is 38.1 Å². The molecule has 1 aromatic rings. The number of likely N-dealkylation sites (N-methyl/N-ethyl adjacent to an activating group) is 1. The first kappa shape index (κ1) is 12.9. The summed E-state index contributed by atoms with van der Waals surface area (Å²) < 4.78 is 0. The van der Waals surface area contributed by atoms with E-state index in [1.807, 2.05) is 12.1 Å². The Hall–Kier alpha value is -1.53. The summed E-state index contributed by atoms with van der Waals surface area (Å²) in [5.74, 6) is 0.631. The normalized spacial score (nSPS) is 23.4. The average molecular weight is 243 g/mol. The molecule has 1 heterocycles. The first-order chi connectivity index (χ1) is 8.54. The van der Waals surface area contributed by atoms with Gasteiger partial charge in [0.1, 0.15) is 6.07 Å². The third kappa shape index (κ3) is 2.21. The molecule has 2 unspecified atom stereocenters. The van der Waals surface area contributed by atoms with E-state index >= 15 is 0 Å². The van der Waals surface area contributed by atoms with Gasteiger partial charge in [0.2, 0.25) is 0 Å². The van der Waals surface area contributed by atoms with Gasteiger partial charge in [0.05, 0.1) is 11.3 Å². The summed E-state index contributed by atoms with van der Waals surface area (Å²) >= 11 is 0. The quantitative estimate of drug-likeness (QED) is 0.798. The van der Waals surface area contributed by atoms with E-state index < -0.39 is 0 Å². The smallest absolute Gasteiger partial charge is 0.101 e. The zero-order valence-electron chi connectivity index (χ0n) is 11.6. The second-order valence-electron chi connectivity index (χ2n) is 5.50. The van der Waals surface area contributed by atoms with Crippen molar-refractivity contribution >= 4 is 5.69 Å². The van der Waals surface area contributed by atoms with Crippen molar-refractivity contribution in [2.24, 2.45) is 5.92 Å². The summed E-state index contributed by atoms with van der Waals surface area (Å²) in [5.41, 5.74) is 3.11. The van der Waals surface area contributed by atoms with E-state index in [0.29, 0.717) is 12.0 Å². The Labute approximate surface area is 110 Å². The van der Waals surface area contributed by atoms with Gasteiger partial charge in [-0.25, -0.2) is 0 Å². The second-order valence-corrected chi connectivity index (χ2v) is 5.50. The van der Waals surface area contributed by atoms with Gasteiger partial charge in [-0.15, -0.1) is 0 Å². The van der Waals surface area contributed by atoms with Crippen LogP contribution in [0.15, 0.2) is 18.2 Å². The number of aryl methyl sites for hydroxylation is 1. The average Bonchev–Trinajstić information content (AvgIpc) is 2.70. The molecule has 1 fully saturated rings. The lowest BCUT2D eigenvalue weighted by molar-refractivity contribution is 0.266. The van der Waals surface area contributed by atoms with Crippen molar-refractivity contribution in [1.29, 1.82) is 5.26 Å². The Morgan fingerprint density at radius 2 is 2.06 bits per heavy atom. The van der Waals surface area contributed by atoms with E-state index in [2.05, 4.69) is 49.9 Å². The second kappa shape index (κ2) is 4.99. The minimum absolute atomic E-state index is 0.566. The molecule has 0 N–H and O–H groups in total. The number of para-hydroxylation sites is 1. The molecule has 1 aliphatic rings. The van der Waals surface area contributed by atoms with E-state index in [9.17, 15) is 5.26 Å². The molecule has 0 bridgehead atoms. The minimum Gasteiger partial charge on any atom is -0.368 e. The van der Waals surface area contributed by atoms with Gasteiger partial charge in [0, 0.05) is 19.1 Å². The van der Waals surface area contributed by atoms with Crippen LogP contribution >= 0.6 is 0 Å². The van der Waals surface area contributed by atoms with E-state index in [1.54, 1.807) is 0 Å². The fourth-order valence-corrected chi connectivity index (χ4v) is 2.97. The molecule has 1 aliphatic heterocycles. The number of benzene rings is 1. The summed E-state index contributed by atoms with van der Waals surface area (Å²) in [6.07, 6.45) is 0. The minimum atomic E-state index is 0.566. The summed E-state index contributed by atoms with van der Waals surface area (Å²) in [5, 5.41) is 9.26. The molecule has 0 amide bonds. The third-order valence-corrected chi connectivity index (χ3v) is 3.91. The largest absolute Gasteiger partial charge is 0.368 e. The maximum absolute atomic E-state index is 9.26. The molecule has 0 saturated carbocycles. The van der Waals surface area contributed by atoms with Crippen molar-refractivity contribution in [3.63, 3.8) is 0 Å². The summed E-state index contributed by atoms with van der Waals surface area (Å²) in [4.78, 5) is 4.65. The molecule has 0 radical (unpaired) electrons. The van der Waals surface area contributed by atoms with Gasteiger partial charge in [-0.2, -0.15) is 5.26 Å². The van der Waals surface area contributed by atoms with Crippen LogP contribution in [0.2, 0.25) is 0 Å². The molecule has 1 aromatic carbocycles. The van der Waals surface area contributed by atoms with E-state index in [0.717, 1.165) is 24.3 Å². The number of rotatable bonds is 2. The van der Waals surface area contributed by atoms with Gasteiger partial charge in [-0.05, 0) is 38.6 Å². The molecule has 0 aliphatic carbocycles. The van der Waals surface area contributed by atoms with Gasteiger partial charge in [-0.1, -0.05) is 19.1 Å². The molecule has 18 heavy (non-hydrogen) atoms. The predicted octanol–water partition coefficient (Wildman–Crippen LogP) is 2.25. The first-order valence-corrected chi connectivity index (χ1v) is 6.45. The number of hydrogen-bond acceptors (Lipinski definition) is 3. The van der Waals surface area contributed by atoms with E-state index in [-0.39, 0.29) is 0 Å². The number of nitriles is 1. The van der Waals surface area contributed by atoms with Crippen LogP contribution in [0.4, 0.5) is 5.69 Å². The van der Waals surface area contributed by atoms with Gasteiger partial charge < -0.3 is 9.80 Å². The van der Waals surface area contributed by atoms with Crippen molar-refractivity contribution in [3.05, 3.63) is 29.3 Å². The maximum Gasteiger partial charge on any atom is 0.101 e. The zero-order chi connectivity index (χ0) is 13.3. The monoisotopic (exact) mass is 243 g/mol. The number of hydrogen-bond donors (Lipinski definition) is 0.